The van der Waals surface area contributed by atoms with Crippen molar-refractivity contribution in [2.45, 2.75) is 231 Å². The van der Waals surface area contributed by atoms with Crippen molar-refractivity contribution in [3.63, 3.8) is 0 Å². The topological polar surface area (TPSA) is 102 Å². The van der Waals surface area contributed by atoms with Crippen LogP contribution in [0.1, 0.15) is 219 Å². The molecule has 63 heavy (non-hydrogen) atoms. The molecule has 0 aromatic rings. The Balaban J connectivity index is 4.26. The van der Waals surface area contributed by atoms with E-state index in [1.807, 2.05) is 0 Å². The molecule has 0 spiro atoms. The van der Waals surface area contributed by atoms with Crippen molar-refractivity contribution in [2.75, 3.05) is 41.0 Å². The summed E-state index contributed by atoms with van der Waals surface area (Å²) < 4.78 is 17.2. The van der Waals surface area contributed by atoms with Gasteiger partial charge in [-0.2, -0.15) is 0 Å². The third-order valence-corrected chi connectivity index (χ3v) is 11.4. The summed E-state index contributed by atoms with van der Waals surface area (Å²) in [4.78, 5) is 37.0. The fraction of sp³-hybridized carbons (Fsp3) is 0.764. The third-order valence-electron chi connectivity index (χ3n) is 11.4. The van der Waals surface area contributed by atoms with Crippen molar-refractivity contribution in [3.05, 3.63) is 60.8 Å². The van der Waals surface area contributed by atoms with Gasteiger partial charge in [-0.05, 0) is 70.6 Å². The van der Waals surface area contributed by atoms with Crippen LogP contribution in [0, 0.1) is 0 Å². The number of nitrogens with zero attached hydrogens (tertiary/aromatic N) is 1. The molecule has 0 saturated carbocycles. The van der Waals surface area contributed by atoms with Crippen LogP contribution in [0.2, 0.25) is 0 Å². The summed E-state index contributed by atoms with van der Waals surface area (Å²) in [5.74, 6) is -1.75. The number of carbonyl (C=O) groups excluding carboxylic acids is 3. The molecular weight excluding hydrogens is 787 g/mol. The number of esters is 2. The summed E-state index contributed by atoms with van der Waals surface area (Å²) in [7, 11) is 5.41. The van der Waals surface area contributed by atoms with Gasteiger partial charge in [0.05, 0.1) is 40.3 Å². The summed E-state index contributed by atoms with van der Waals surface area (Å²) in [6.07, 6.45) is 56.8. The van der Waals surface area contributed by atoms with Crippen LogP contribution in [0.15, 0.2) is 60.8 Å². The number of carboxylic acids is 1. The molecule has 0 aliphatic heterocycles. The molecule has 0 aliphatic carbocycles. The smallest absolute Gasteiger partial charge is 0.306 e. The normalized spacial score (nSPS) is 13.3. The lowest BCUT2D eigenvalue weighted by Crippen LogP contribution is -2.55. The van der Waals surface area contributed by atoms with E-state index in [-0.39, 0.29) is 42.7 Å². The summed E-state index contributed by atoms with van der Waals surface area (Å²) in [6, 6.07) is -0.731. The number of carbonyl (C=O) groups is 3. The first-order chi connectivity index (χ1) is 30.6. The Morgan fingerprint density at radius 1 is 0.508 bits per heavy atom. The molecule has 0 aromatic heterocycles. The van der Waals surface area contributed by atoms with Gasteiger partial charge in [0.2, 0.25) is 0 Å². The zero-order valence-electron chi connectivity index (χ0n) is 41.5. The highest BCUT2D eigenvalue weighted by Crippen LogP contribution is 2.15. The van der Waals surface area contributed by atoms with E-state index in [0.29, 0.717) is 12.8 Å². The minimum absolute atomic E-state index is 0.0327. The third kappa shape index (κ3) is 44.0. The van der Waals surface area contributed by atoms with E-state index in [9.17, 15) is 19.5 Å². The molecule has 0 radical (unpaired) electrons. The van der Waals surface area contributed by atoms with Crippen LogP contribution in [0.3, 0.4) is 0 Å². The van der Waals surface area contributed by atoms with E-state index in [2.05, 4.69) is 74.6 Å². The van der Waals surface area contributed by atoms with E-state index >= 15 is 0 Å². The molecule has 8 nitrogen and oxygen atoms in total. The molecule has 0 rings (SSSR count). The molecule has 8 heteroatoms. The summed E-state index contributed by atoms with van der Waals surface area (Å²) in [5.41, 5.74) is 0. The molecule has 0 saturated heterocycles. The lowest BCUT2D eigenvalue weighted by molar-refractivity contribution is -0.889. The van der Waals surface area contributed by atoms with Gasteiger partial charge in [0, 0.05) is 19.3 Å². The van der Waals surface area contributed by atoms with Crippen molar-refractivity contribution in [1.82, 2.24) is 0 Å². The van der Waals surface area contributed by atoms with Crippen LogP contribution in [-0.4, -0.2) is 75.5 Å². The highest BCUT2D eigenvalue weighted by Gasteiger charge is 2.25. The van der Waals surface area contributed by atoms with E-state index in [1.54, 1.807) is 21.1 Å². The molecule has 0 aromatic carbocycles. The number of aliphatic carboxylic acids is 1. The molecular formula is C55H97NO7. The van der Waals surface area contributed by atoms with E-state index in [1.165, 1.54) is 109 Å². The minimum Gasteiger partial charge on any atom is -0.544 e. The zero-order chi connectivity index (χ0) is 46.3. The quantitative estimate of drug-likeness (QED) is 0.0197. The average Bonchev–Trinajstić information content (AvgIpc) is 3.24. The van der Waals surface area contributed by atoms with Gasteiger partial charge in [-0.1, -0.05) is 190 Å². The summed E-state index contributed by atoms with van der Waals surface area (Å²) >= 11 is 0. The maximum Gasteiger partial charge on any atom is 0.306 e. The molecule has 0 N–H and O–H groups in total. The zero-order valence-corrected chi connectivity index (χ0v) is 41.5. The predicted octanol–water partition coefficient (Wildman–Crippen LogP) is 13.6. The standard InChI is InChI=1S/C55H97NO7/c1-6-8-10-12-14-16-18-20-22-24-26-27-28-30-31-33-35-37-39-41-43-45-53(57)62-50-51(49-61-48-47-52(55(59)60)56(3,4)5)63-54(58)46-44-42-40-38-36-34-32-29-25-23-21-19-17-15-13-11-9-7-2/h8,10,14,16,20,22-23,25,29,32,51-52H,6-7,9,11-13,15,17-19,21,24,26-28,30-31,33-50H2,1-5H3/b10-8+,16-14+,22-20+,25-23+,32-29+. The Morgan fingerprint density at radius 2 is 0.937 bits per heavy atom. The van der Waals surface area contributed by atoms with Gasteiger partial charge in [0.25, 0.3) is 0 Å². The fourth-order valence-corrected chi connectivity index (χ4v) is 7.43. The van der Waals surface area contributed by atoms with Crippen LogP contribution in [0.5, 0.6) is 0 Å². The Labute approximate surface area is 388 Å². The number of carboxylic acid groups (broad SMARTS) is 1. The van der Waals surface area contributed by atoms with Crippen LogP contribution in [0.25, 0.3) is 0 Å². The molecule has 0 fully saturated rings. The molecule has 0 bridgehead atoms. The van der Waals surface area contributed by atoms with Gasteiger partial charge in [-0.3, -0.25) is 9.59 Å². The van der Waals surface area contributed by atoms with Crippen molar-refractivity contribution in [3.8, 4) is 0 Å². The van der Waals surface area contributed by atoms with Gasteiger partial charge >= 0.3 is 11.9 Å². The predicted molar refractivity (Wildman–Crippen MR) is 263 cm³/mol. The van der Waals surface area contributed by atoms with E-state index in [4.69, 9.17) is 14.2 Å². The largest absolute Gasteiger partial charge is 0.544 e. The Bertz CT molecular complexity index is 1210. The highest BCUT2D eigenvalue weighted by atomic mass is 16.6. The van der Waals surface area contributed by atoms with Crippen LogP contribution < -0.4 is 5.11 Å². The van der Waals surface area contributed by atoms with Crippen LogP contribution in [-0.2, 0) is 28.6 Å². The SMILES string of the molecule is CC/C=C/C/C=C/C/C=C/CCCCCCCCCCCCCC(=O)OCC(COCCC(C(=O)[O-])[N+](C)(C)C)OC(=O)CCCCCCC/C=C/C=C/CCCCCCCCC. The number of ether oxygens (including phenoxy) is 3. The second-order valence-electron chi connectivity index (χ2n) is 18.4. The van der Waals surface area contributed by atoms with Crippen molar-refractivity contribution in [1.29, 1.82) is 0 Å². The van der Waals surface area contributed by atoms with E-state index < -0.39 is 18.1 Å². The second kappa shape index (κ2) is 45.6. The number of unbranched alkanes of at least 4 members (excludes halogenated alkanes) is 23. The molecule has 364 valence electrons. The number of rotatable bonds is 46. The summed E-state index contributed by atoms with van der Waals surface area (Å²) in [5, 5.41) is 11.7. The molecule has 2 unspecified atom stereocenters. The van der Waals surface area contributed by atoms with E-state index in [0.717, 1.165) is 77.0 Å². The van der Waals surface area contributed by atoms with Crippen LogP contribution in [0.4, 0.5) is 0 Å². The Morgan fingerprint density at radius 3 is 1.41 bits per heavy atom. The molecule has 0 heterocycles. The molecule has 0 amide bonds. The fourth-order valence-electron chi connectivity index (χ4n) is 7.43. The first kappa shape index (κ1) is 60.0. The van der Waals surface area contributed by atoms with Gasteiger partial charge in [0.1, 0.15) is 12.6 Å². The van der Waals surface area contributed by atoms with Crippen molar-refractivity contribution < 1.29 is 38.2 Å². The number of hydrogen-bond acceptors (Lipinski definition) is 7. The lowest BCUT2D eigenvalue weighted by atomic mass is 10.0. The average molecular weight is 884 g/mol. The Hall–Kier alpha value is -2.97. The number of hydrogen-bond donors (Lipinski definition) is 0. The maximum atomic E-state index is 12.8. The first-order valence-corrected chi connectivity index (χ1v) is 25.8. The van der Waals surface area contributed by atoms with Gasteiger partial charge < -0.3 is 28.6 Å². The lowest BCUT2D eigenvalue weighted by Gasteiger charge is -2.34. The maximum absolute atomic E-state index is 12.8. The molecule has 0 aliphatic rings. The Kier molecular flexibility index (Phi) is 43.4. The van der Waals surface area contributed by atoms with Gasteiger partial charge in [0.15, 0.2) is 6.10 Å². The van der Waals surface area contributed by atoms with Crippen molar-refractivity contribution in [2.24, 2.45) is 0 Å². The molecule has 2 atom stereocenters. The van der Waals surface area contributed by atoms with Gasteiger partial charge in [-0.25, -0.2) is 0 Å². The van der Waals surface area contributed by atoms with Crippen LogP contribution >= 0.6 is 0 Å². The van der Waals surface area contributed by atoms with Crippen molar-refractivity contribution >= 4 is 17.9 Å². The number of quaternary nitrogens is 1. The number of allylic oxidation sites excluding steroid dienone is 10. The van der Waals surface area contributed by atoms with Gasteiger partial charge in [-0.15, -0.1) is 0 Å². The minimum atomic E-state index is -1.13. The first-order valence-electron chi connectivity index (χ1n) is 25.8. The summed E-state index contributed by atoms with van der Waals surface area (Å²) in [6.45, 7) is 4.55. The second-order valence-corrected chi connectivity index (χ2v) is 18.4. The monoisotopic (exact) mass is 884 g/mol. The highest BCUT2D eigenvalue weighted by molar-refractivity contribution is 5.70. The number of likely N-dealkylation sites (N-methyl/N-ethyl adjacent to an activating group) is 1.